The average molecular weight is 476 g/mol. The van der Waals surface area contributed by atoms with Crippen molar-refractivity contribution in [3.8, 4) is 11.8 Å². The highest BCUT2D eigenvalue weighted by Gasteiger charge is 2.26. The molecule has 1 aliphatic carbocycles. The summed E-state index contributed by atoms with van der Waals surface area (Å²) < 4.78 is 8.52. The summed E-state index contributed by atoms with van der Waals surface area (Å²) in [5, 5.41) is 9.02. The first-order valence-electron chi connectivity index (χ1n) is 12.5. The van der Waals surface area contributed by atoms with Crippen molar-refractivity contribution >= 4 is 5.78 Å². The van der Waals surface area contributed by atoms with Crippen molar-refractivity contribution in [1.29, 1.82) is 5.26 Å². The molecular weight excluding hydrogens is 446 g/mol. The maximum Gasteiger partial charge on any atom is 0.163 e. The molecule has 0 fully saturated rings. The highest BCUT2D eigenvalue weighted by molar-refractivity contribution is 5.99. The van der Waals surface area contributed by atoms with Crippen LogP contribution in [0.5, 0.6) is 5.75 Å². The molecule has 0 amide bonds. The number of aromatic nitrogens is 2. The van der Waals surface area contributed by atoms with Gasteiger partial charge in [0.2, 0.25) is 0 Å². The Morgan fingerprint density at radius 1 is 1.06 bits per heavy atom. The van der Waals surface area contributed by atoms with Gasteiger partial charge >= 0.3 is 0 Å². The van der Waals surface area contributed by atoms with E-state index in [-0.39, 0.29) is 11.7 Å². The summed E-state index contributed by atoms with van der Waals surface area (Å²) in [6.45, 7) is 3.40. The Hall–Kier alpha value is -4.17. The fourth-order valence-corrected chi connectivity index (χ4v) is 5.09. The van der Waals surface area contributed by atoms with E-state index >= 15 is 0 Å². The van der Waals surface area contributed by atoms with Gasteiger partial charge in [-0.1, -0.05) is 49.4 Å². The molecule has 36 heavy (non-hydrogen) atoms. The van der Waals surface area contributed by atoms with Crippen LogP contribution in [0.4, 0.5) is 0 Å². The summed E-state index contributed by atoms with van der Waals surface area (Å²) in [6.07, 6.45) is 6.84. The average Bonchev–Trinajstić information content (AvgIpc) is 3.36. The second-order valence-corrected chi connectivity index (χ2v) is 9.33. The Balaban J connectivity index is 1.35. The fraction of sp³-hybridized carbons (Fsp3) is 0.258. The number of carbonyl (C=O) groups is 1. The van der Waals surface area contributed by atoms with Crippen LogP contribution < -0.4 is 4.74 Å². The third kappa shape index (κ3) is 4.94. The lowest BCUT2D eigenvalue weighted by Crippen LogP contribution is -2.16. The lowest BCUT2D eigenvalue weighted by Gasteiger charge is -2.25. The smallest absolute Gasteiger partial charge is 0.163 e. The Morgan fingerprint density at radius 3 is 2.64 bits per heavy atom. The van der Waals surface area contributed by atoms with Crippen molar-refractivity contribution in [2.24, 2.45) is 0 Å². The first-order chi connectivity index (χ1) is 17.6. The van der Waals surface area contributed by atoms with Crippen LogP contribution in [-0.4, -0.2) is 21.9 Å². The molecule has 0 aliphatic heterocycles. The van der Waals surface area contributed by atoms with E-state index in [1.165, 1.54) is 5.56 Å². The summed E-state index contributed by atoms with van der Waals surface area (Å²) in [7, 11) is 0. The highest BCUT2D eigenvalue weighted by Crippen LogP contribution is 2.39. The zero-order valence-electron chi connectivity index (χ0n) is 20.5. The van der Waals surface area contributed by atoms with Gasteiger partial charge in [-0.05, 0) is 53.8 Å². The first kappa shape index (κ1) is 23.6. The molecule has 180 valence electrons. The second-order valence-electron chi connectivity index (χ2n) is 9.33. The minimum absolute atomic E-state index is 0.129. The number of hydrogen-bond acceptors (Lipinski definition) is 4. The predicted octanol–water partition coefficient (Wildman–Crippen LogP) is 6.10. The van der Waals surface area contributed by atoms with E-state index in [0.29, 0.717) is 31.6 Å². The van der Waals surface area contributed by atoms with Gasteiger partial charge in [0.1, 0.15) is 5.75 Å². The number of benzene rings is 3. The van der Waals surface area contributed by atoms with Crippen molar-refractivity contribution in [1.82, 2.24) is 9.55 Å². The number of ether oxygens (including phenoxy) is 1. The zero-order valence-corrected chi connectivity index (χ0v) is 20.5. The molecule has 0 spiro atoms. The molecule has 0 N–H and O–H groups in total. The molecular formula is C31H29N3O2. The number of nitrogens with zero attached hydrogens (tertiary/aromatic N) is 3. The van der Waals surface area contributed by atoms with Gasteiger partial charge in [-0.3, -0.25) is 4.79 Å². The molecule has 5 heteroatoms. The predicted molar refractivity (Wildman–Crippen MR) is 139 cm³/mol. The summed E-state index contributed by atoms with van der Waals surface area (Å²) in [6, 6.07) is 24.1. The van der Waals surface area contributed by atoms with Gasteiger partial charge in [-0.25, -0.2) is 4.98 Å². The monoisotopic (exact) mass is 475 g/mol. The van der Waals surface area contributed by atoms with Crippen LogP contribution in [0.15, 0.2) is 79.3 Å². The van der Waals surface area contributed by atoms with Crippen LogP contribution in [0.25, 0.3) is 0 Å². The standard InChI is InChI=1S/C31H29N3O2/c1-22(25-6-3-2-4-7-25)31-28-8-5-9-29(35)27(28)14-15-30(31)36-17-16-26-19-33-21-34(26)20-24-12-10-23(18-32)11-13-24/h2-4,6-7,10-15,19,21-22H,5,8-9,16-17,20H2,1H3. The molecule has 1 heterocycles. The molecule has 3 aromatic carbocycles. The molecule has 0 saturated carbocycles. The van der Waals surface area contributed by atoms with Crippen molar-refractivity contribution in [3.05, 3.63) is 118 Å². The van der Waals surface area contributed by atoms with Crippen LogP contribution >= 0.6 is 0 Å². The second kappa shape index (κ2) is 10.6. The molecule has 4 aromatic rings. The van der Waals surface area contributed by atoms with E-state index in [2.05, 4.69) is 46.8 Å². The van der Waals surface area contributed by atoms with Crippen LogP contribution in [0.3, 0.4) is 0 Å². The number of fused-ring (bicyclic) bond motifs is 1. The molecule has 0 bridgehead atoms. The Bertz CT molecular complexity index is 1400. The molecule has 1 aliphatic rings. The fourth-order valence-electron chi connectivity index (χ4n) is 5.09. The molecule has 5 rings (SSSR count). The van der Waals surface area contributed by atoms with Gasteiger partial charge in [0.05, 0.1) is 24.6 Å². The van der Waals surface area contributed by atoms with Crippen molar-refractivity contribution in [2.45, 2.75) is 45.1 Å². The van der Waals surface area contributed by atoms with Crippen molar-refractivity contribution in [2.75, 3.05) is 6.61 Å². The minimum Gasteiger partial charge on any atom is -0.493 e. The van der Waals surface area contributed by atoms with E-state index in [0.717, 1.165) is 46.5 Å². The topological polar surface area (TPSA) is 67.9 Å². The van der Waals surface area contributed by atoms with Crippen LogP contribution in [0.2, 0.25) is 0 Å². The highest BCUT2D eigenvalue weighted by atomic mass is 16.5. The molecule has 1 aromatic heterocycles. The lowest BCUT2D eigenvalue weighted by molar-refractivity contribution is 0.0972. The zero-order chi connectivity index (χ0) is 24.9. The number of hydrogen-bond donors (Lipinski definition) is 0. The number of Topliss-reactive ketones (excluding diaryl/α,β-unsaturated/α-hetero) is 1. The number of imidazole rings is 1. The summed E-state index contributed by atoms with van der Waals surface area (Å²) in [5.74, 6) is 1.22. The molecule has 0 radical (unpaired) electrons. The maximum absolute atomic E-state index is 12.6. The van der Waals surface area contributed by atoms with Gasteiger partial charge in [0.15, 0.2) is 5.78 Å². The largest absolute Gasteiger partial charge is 0.493 e. The van der Waals surface area contributed by atoms with Gasteiger partial charge in [-0.15, -0.1) is 0 Å². The van der Waals surface area contributed by atoms with Crippen LogP contribution in [0, 0.1) is 11.3 Å². The molecule has 5 nitrogen and oxygen atoms in total. The Labute approximate surface area is 212 Å². The normalized spacial score (nSPS) is 13.6. The van der Waals surface area contributed by atoms with E-state index in [4.69, 9.17) is 10.00 Å². The van der Waals surface area contributed by atoms with Crippen molar-refractivity contribution in [3.63, 3.8) is 0 Å². The van der Waals surface area contributed by atoms with Crippen LogP contribution in [-0.2, 0) is 19.4 Å². The number of nitriles is 1. The van der Waals surface area contributed by atoms with E-state index in [1.807, 2.05) is 55.0 Å². The summed E-state index contributed by atoms with van der Waals surface area (Å²) in [5.41, 5.74) is 7.22. The third-order valence-electron chi connectivity index (χ3n) is 7.03. The van der Waals surface area contributed by atoms with Crippen LogP contribution in [0.1, 0.15) is 69.6 Å². The minimum atomic E-state index is 0.129. The Kier molecular flexibility index (Phi) is 6.95. The molecule has 1 unspecified atom stereocenters. The summed E-state index contributed by atoms with van der Waals surface area (Å²) >= 11 is 0. The number of carbonyl (C=O) groups excluding carboxylic acids is 1. The van der Waals surface area contributed by atoms with E-state index in [9.17, 15) is 4.79 Å². The van der Waals surface area contributed by atoms with Gasteiger partial charge in [-0.2, -0.15) is 5.26 Å². The SMILES string of the molecule is CC(c1ccccc1)c1c(OCCc2cncn2Cc2ccc(C#N)cc2)ccc2c1CCCC2=O. The quantitative estimate of drug-likeness (QED) is 0.309. The number of ketones is 1. The Morgan fingerprint density at radius 2 is 1.86 bits per heavy atom. The van der Waals surface area contributed by atoms with Gasteiger partial charge < -0.3 is 9.30 Å². The number of rotatable bonds is 8. The van der Waals surface area contributed by atoms with Gasteiger partial charge in [0, 0.05) is 48.3 Å². The summed E-state index contributed by atoms with van der Waals surface area (Å²) in [4.78, 5) is 17.0. The van der Waals surface area contributed by atoms with E-state index in [1.54, 1.807) is 0 Å². The van der Waals surface area contributed by atoms with Gasteiger partial charge in [0.25, 0.3) is 0 Å². The van der Waals surface area contributed by atoms with E-state index < -0.39 is 0 Å². The molecule has 1 atom stereocenters. The first-order valence-corrected chi connectivity index (χ1v) is 12.5. The maximum atomic E-state index is 12.6. The third-order valence-corrected chi connectivity index (χ3v) is 7.03. The van der Waals surface area contributed by atoms with Crippen molar-refractivity contribution < 1.29 is 9.53 Å². The molecule has 0 saturated heterocycles. The lowest BCUT2D eigenvalue weighted by atomic mass is 9.81.